The second-order valence-corrected chi connectivity index (χ2v) is 5.35. The summed E-state index contributed by atoms with van der Waals surface area (Å²) >= 11 is 0. The molecule has 0 bridgehead atoms. The maximum Gasteiger partial charge on any atom is 0.118 e. The van der Waals surface area contributed by atoms with Crippen LogP contribution >= 0.6 is 0 Å². The van der Waals surface area contributed by atoms with Crippen molar-refractivity contribution in [2.45, 2.75) is 39.3 Å². The normalized spacial score (nSPS) is 11.0. The van der Waals surface area contributed by atoms with Crippen LogP contribution in [0.3, 0.4) is 0 Å². The van der Waals surface area contributed by atoms with Crippen molar-refractivity contribution in [2.24, 2.45) is 0 Å². The smallest absolute Gasteiger partial charge is 0.118 e. The molecule has 3 heteroatoms. The monoisotopic (exact) mass is 287 g/mol. The number of rotatable bonds is 9. The molecule has 1 aromatic carbocycles. The van der Waals surface area contributed by atoms with Crippen LogP contribution in [0, 0.1) is 0 Å². The first kappa shape index (κ1) is 15.6. The van der Waals surface area contributed by atoms with Gasteiger partial charge in [-0.15, -0.1) is 0 Å². The van der Waals surface area contributed by atoms with Gasteiger partial charge < -0.3 is 9.15 Å². The third kappa shape index (κ3) is 5.27. The third-order valence-corrected chi connectivity index (χ3v) is 3.60. The van der Waals surface area contributed by atoms with Crippen molar-refractivity contribution in [3.8, 4) is 5.75 Å². The molecular weight excluding hydrogens is 262 g/mol. The van der Waals surface area contributed by atoms with E-state index in [0.29, 0.717) is 0 Å². The average Bonchev–Trinajstić information content (AvgIpc) is 3.01. The van der Waals surface area contributed by atoms with Crippen LogP contribution in [0.25, 0.3) is 0 Å². The summed E-state index contributed by atoms with van der Waals surface area (Å²) in [5, 5.41) is 0. The molecule has 3 nitrogen and oxygen atoms in total. The van der Waals surface area contributed by atoms with E-state index >= 15 is 0 Å². The van der Waals surface area contributed by atoms with Gasteiger partial charge in [0, 0.05) is 6.54 Å². The molecule has 0 aliphatic rings. The van der Waals surface area contributed by atoms with Crippen molar-refractivity contribution in [1.82, 2.24) is 4.90 Å². The number of furan rings is 1. The van der Waals surface area contributed by atoms with E-state index in [1.165, 1.54) is 24.8 Å². The van der Waals surface area contributed by atoms with Gasteiger partial charge in [0.05, 0.1) is 19.9 Å². The Morgan fingerprint density at radius 2 is 1.86 bits per heavy atom. The largest absolute Gasteiger partial charge is 0.497 e. The lowest BCUT2D eigenvalue weighted by Crippen LogP contribution is -2.23. The van der Waals surface area contributed by atoms with E-state index in [-0.39, 0.29) is 0 Å². The van der Waals surface area contributed by atoms with Crippen LogP contribution in [0.2, 0.25) is 0 Å². The Morgan fingerprint density at radius 3 is 2.48 bits per heavy atom. The van der Waals surface area contributed by atoms with Crippen molar-refractivity contribution in [3.05, 3.63) is 54.0 Å². The highest BCUT2D eigenvalue weighted by molar-refractivity contribution is 5.27. The van der Waals surface area contributed by atoms with Crippen LogP contribution in [-0.4, -0.2) is 18.6 Å². The molecule has 0 fully saturated rings. The Labute approximate surface area is 127 Å². The van der Waals surface area contributed by atoms with E-state index in [0.717, 1.165) is 31.1 Å². The first-order valence-corrected chi connectivity index (χ1v) is 7.69. The lowest BCUT2D eigenvalue weighted by Gasteiger charge is -2.21. The predicted molar refractivity (Wildman–Crippen MR) is 85.3 cm³/mol. The molecule has 0 saturated carbocycles. The Kier molecular flexibility index (Phi) is 6.35. The molecule has 0 N–H and O–H groups in total. The number of hydrogen-bond acceptors (Lipinski definition) is 3. The molecule has 0 saturated heterocycles. The van der Waals surface area contributed by atoms with Gasteiger partial charge in [-0.3, -0.25) is 4.90 Å². The van der Waals surface area contributed by atoms with Crippen LogP contribution in [0.5, 0.6) is 5.75 Å². The summed E-state index contributed by atoms with van der Waals surface area (Å²) in [4.78, 5) is 2.44. The summed E-state index contributed by atoms with van der Waals surface area (Å²) in [5.74, 6) is 1.93. The highest BCUT2D eigenvalue weighted by Crippen LogP contribution is 2.15. The highest BCUT2D eigenvalue weighted by Gasteiger charge is 2.09. The van der Waals surface area contributed by atoms with Gasteiger partial charge in [0.15, 0.2) is 0 Å². The van der Waals surface area contributed by atoms with E-state index in [4.69, 9.17) is 9.15 Å². The number of benzene rings is 1. The maximum atomic E-state index is 5.48. The minimum Gasteiger partial charge on any atom is -0.497 e. The van der Waals surface area contributed by atoms with E-state index in [1.807, 2.05) is 24.3 Å². The molecule has 1 heterocycles. The second kappa shape index (κ2) is 8.53. The minimum atomic E-state index is 0.864. The molecular formula is C18H25NO2. The van der Waals surface area contributed by atoms with Gasteiger partial charge in [-0.1, -0.05) is 31.9 Å². The van der Waals surface area contributed by atoms with Crippen LogP contribution in [0.4, 0.5) is 0 Å². The second-order valence-electron chi connectivity index (χ2n) is 5.35. The van der Waals surface area contributed by atoms with E-state index in [2.05, 4.69) is 24.0 Å². The molecule has 2 rings (SSSR count). The Bertz CT molecular complexity index is 490. The molecule has 21 heavy (non-hydrogen) atoms. The molecule has 0 aliphatic carbocycles. The van der Waals surface area contributed by atoms with Crippen molar-refractivity contribution < 1.29 is 9.15 Å². The minimum absolute atomic E-state index is 0.864. The van der Waals surface area contributed by atoms with Gasteiger partial charge in [0.25, 0.3) is 0 Å². The molecule has 0 atom stereocenters. The van der Waals surface area contributed by atoms with Gasteiger partial charge in [-0.25, -0.2) is 0 Å². The molecule has 0 aliphatic heterocycles. The Balaban J connectivity index is 1.96. The van der Waals surface area contributed by atoms with Crippen molar-refractivity contribution in [3.63, 3.8) is 0 Å². The van der Waals surface area contributed by atoms with Gasteiger partial charge in [-0.2, -0.15) is 0 Å². The topological polar surface area (TPSA) is 25.6 Å². The fraction of sp³-hybridized carbons (Fsp3) is 0.444. The Morgan fingerprint density at radius 1 is 1.05 bits per heavy atom. The molecule has 0 radical (unpaired) electrons. The quantitative estimate of drug-likeness (QED) is 0.636. The maximum absolute atomic E-state index is 5.48. The van der Waals surface area contributed by atoms with Crippen molar-refractivity contribution in [1.29, 1.82) is 0 Å². The third-order valence-electron chi connectivity index (χ3n) is 3.60. The number of unbranched alkanes of at least 4 members (excludes halogenated alkanes) is 2. The van der Waals surface area contributed by atoms with Gasteiger partial charge in [0.2, 0.25) is 0 Å². The van der Waals surface area contributed by atoms with Crippen molar-refractivity contribution >= 4 is 0 Å². The summed E-state index contributed by atoms with van der Waals surface area (Å²) in [6.07, 6.45) is 5.49. The standard InChI is InChI=1S/C18H25NO2/c1-3-4-5-12-19(15-18-7-6-13-21-18)14-16-8-10-17(20-2)11-9-16/h6-11,13H,3-5,12,14-15H2,1-2H3. The number of methoxy groups -OCH3 is 1. The number of nitrogens with zero attached hydrogens (tertiary/aromatic N) is 1. The van der Waals surface area contributed by atoms with E-state index in [1.54, 1.807) is 13.4 Å². The summed E-state index contributed by atoms with van der Waals surface area (Å²) in [6, 6.07) is 12.3. The summed E-state index contributed by atoms with van der Waals surface area (Å²) < 4.78 is 10.7. The molecule has 0 amide bonds. The zero-order chi connectivity index (χ0) is 14.9. The fourth-order valence-electron chi connectivity index (χ4n) is 2.41. The van der Waals surface area contributed by atoms with Crippen LogP contribution in [0.1, 0.15) is 37.5 Å². The Hall–Kier alpha value is -1.74. The van der Waals surface area contributed by atoms with Gasteiger partial charge >= 0.3 is 0 Å². The molecule has 2 aromatic rings. The van der Waals surface area contributed by atoms with Crippen LogP contribution < -0.4 is 4.74 Å². The lowest BCUT2D eigenvalue weighted by molar-refractivity contribution is 0.230. The van der Waals surface area contributed by atoms with Crippen LogP contribution in [-0.2, 0) is 13.1 Å². The average molecular weight is 287 g/mol. The molecule has 114 valence electrons. The first-order chi connectivity index (χ1) is 10.3. The number of hydrogen-bond donors (Lipinski definition) is 0. The fourth-order valence-corrected chi connectivity index (χ4v) is 2.41. The van der Waals surface area contributed by atoms with Gasteiger partial charge in [0.1, 0.15) is 11.5 Å². The van der Waals surface area contributed by atoms with E-state index in [9.17, 15) is 0 Å². The summed E-state index contributed by atoms with van der Waals surface area (Å²) in [5.41, 5.74) is 1.30. The highest BCUT2D eigenvalue weighted by atomic mass is 16.5. The van der Waals surface area contributed by atoms with Crippen LogP contribution in [0.15, 0.2) is 47.1 Å². The zero-order valence-electron chi connectivity index (χ0n) is 13.0. The molecule has 0 unspecified atom stereocenters. The molecule has 0 spiro atoms. The van der Waals surface area contributed by atoms with Crippen molar-refractivity contribution in [2.75, 3.05) is 13.7 Å². The summed E-state index contributed by atoms with van der Waals surface area (Å²) in [7, 11) is 1.70. The summed E-state index contributed by atoms with van der Waals surface area (Å²) in [6.45, 7) is 5.14. The number of ether oxygens (including phenoxy) is 1. The zero-order valence-corrected chi connectivity index (χ0v) is 13.0. The predicted octanol–water partition coefficient (Wildman–Crippen LogP) is 4.48. The molecule has 1 aromatic heterocycles. The van der Waals surface area contributed by atoms with Gasteiger partial charge in [-0.05, 0) is 42.8 Å². The van der Waals surface area contributed by atoms with E-state index < -0.39 is 0 Å². The SMILES string of the molecule is CCCCCN(Cc1ccc(OC)cc1)Cc1ccco1. The lowest BCUT2D eigenvalue weighted by atomic mass is 10.2. The first-order valence-electron chi connectivity index (χ1n) is 7.69.